The number of fused-ring (bicyclic) bond motifs is 1. The van der Waals surface area contributed by atoms with Crippen molar-refractivity contribution in [3.63, 3.8) is 0 Å². The van der Waals surface area contributed by atoms with Gasteiger partial charge in [0, 0.05) is 18.3 Å². The molecule has 3 heterocycles. The Morgan fingerprint density at radius 1 is 1.47 bits per heavy atom. The van der Waals surface area contributed by atoms with E-state index in [4.69, 9.17) is 10.5 Å². The fraction of sp³-hybridized carbons (Fsp3) is 0.231. The molecular formula is C13H12N2O3S. The number of aromatic nitrogens is 1. The molecule has 98 valence electrons. The minimum atomic E-state index is -0.698. The number of amides is 1. The van der Waals surface area contributed by atoms with Crippen molar-refractivity contribution in [2.24, 2.45) is 5.73 Å². The van der Waals surface area contributed by atoms with Crippen molar-refractivity contribution in [2.45, 2.75) is 13.2 Å². The van der Waals surface area contributed by atoms with Gasteiger partial charge in [-0.1, -0.05) is 0 Å². The molecule has 0 fully saturated rings. The summed E-state index contributed by atoms with van der Waals surface area (Å²) in [5.74, 6) is -0.698. The predicted octanol–water partition coefficient (Wildman–Crippen LogP) is 1.21. The molecule has 0 saturated carbocycles. The zero-order valence-electron chi connectivity index (χ0n) is 10.1. The summed E-state index contributed by atoms with van der Waals surface area (Å²) in [5.41, 5.74) is 6.99. The quantitative estimate of drug-likeness (QED) is 0.895. The number of pyridine rings is 1. The maximum atomic E-state index is 12.4. The van der Waals surface area contributed by atoms with Gasteiger partial charge in [0.05, 0.1) is 18.9 Å². The maximum absolute atomic E-state index is 12.4. The van der Waals surface area contributed by atoms with Crippen LogP contribution in [-0.2, 0) is 17.9 Å². The average molecular weight is 276 g/mol. The SMILES string of the molecule is NC(=O)c1c2n(cc(-c3ccsc3)c1=O)CCOC2. The number of hydrogen-bond donors (Lipinski definition) is 1. The lowest BCUT2D eigenvalue weighted by Gasteiger charge is -2.22. The lowest BCUT2D eigenvalue weighted by Crippen LogP contribution is -2.31. The van der Waals surface area contributed by atoms with Crippen LogP contribution in [0.3, 0.4) is 0 Å². The summed E-state index contributed by atoms with van der Waals surface area (Å²) in [4.78, 5) is 24.0. The first-order valence-electron chi connectivity index (χ1n) is 5.85. The molecule has 0 unspecified atom stereocenters. The second kappa shape index (κ2) is 4.64. The molecular weight excluding hydrogens is 264 g/mol. The molecule has 5 nitrogen and oxygen atoms in total. The van der Waals surface area contributed by atoms with Crippen molar-refractivity contribution in [2.75, 3.05) is 6.61 Å². The van der Waals surface area contributed by atoms with Gasteiger partial charge in [-0.05, 0) is 22.4 Å². The zero-order valence-corrected chi connectivity index (χ0v) is 10.9. The molecule has 0 radical (unpaired) electrons. The zero-order chi connectivity index (χ0) is 13.4. The van der Waals surface area contributed by atoms with E-state index >= 15 is 0 Å². The van der Waals surface area contributed by atoms with Gasteiger partial charge in [0.25, 0.3) is 5.91 Å². The third-order valence-corrected chi connectivity index (χ3v) is 3.87. The Morgan fingerprint density at radius 2 is 2.32 bits per heavy atom. The van der Waals surface area contributed by atoms with Crippen LogP contribution in [0.1, 0.15) is 16.1 Å². The molecule has 0 atom stereocenters. The van der Waals surface area contributed by atoms with E-state index in [0.717, 1.165) is 5.56 Å². The largest absolute Gasteiger partial charge is 0.373 e. The summed E-state index contributed by atoms with van der Waals surface area (Å²) in [7, 11) is 0. The number of rotatable bonds is 2. The summed E-state index contributed by atoms with van der Waals surface area (Å²) < 4.78 is 7.19. The molecule has 0 bridgehead atoms. The van der Waals surface area contributed by atoms with Crippen LogP contribution in [0, 0.1) is 0 Å². The van der Waals surface area contributed by atoms with E-state index in [2.05, 4.69) is 0 Å². The highest BCUT2D eigenvalue weighted by Gasteiger charge is 2.22. The van der Waals surface area contributed by atoms with E-state index in [0.29, 0.717) is 24.4 Å². The first-order chi connectivity index (χ1) is 9.18. The summed E-state index contributed by atoms with van der Waals surface area (Å²) in [6.07, 6.45) is 1.79. The smallest absolute Gasteiger partial charge is 0.254 e. The summed E-state index contributed by atoms with van der Waals surface area (Å²) in [5, 5.41) is 3.78. The lowest BCUT2D eigenvalue weighted by atomic mass is 10.0. The molecule has 19 heavy (non-hydrogen) atoms. The summed E-state index contributed by atoms with van der Waals surface area (Å²) in [6.45, 7) is 1.43. The second-order valence-corrected chi connectivity index (χ2v) is 5.10. The van der Waals surface area contributed by atoms with Crippen molar-refractivity contribution in [1.82, 2.24) is 4.57 Å². The van der Waals surface area contributed by atoms with Crippen molar-refractivity contribution in [3.8, 4) is 11.1 Å². The predicted molar refractivity (Wildman–Crippen MR) is 72.2 cm³/mol. The lowest BCUT2D eigenvalue weighted by molar-refractivity contribution is 0.0805. The number of nitrogens with zero attached hydrogens (tertiary/aromatic N) is 1. The van der Waals surface area contributed by atoms with E-state index in [1.165, 1.54) is 11.3 Å². The fourth-order valence-electron chi connectivity index (χ4n) is 2.27. The molecule has 6 heteroatoms. The van der Waals surface area contributed by atoms with E-state index in [1.54, 1.807) is 6.20 Å². The van der Waals surface area contributed by atoms with Gasteiger partial charge in [-0.15, -0.1) is 0 Å². The molecule has 1 aliphatic rings. The van der Waals surface area contributed by atoms with Gasteiger partial charge < -0.3 is 15.0 Å². The standard InChI is InChI=1S/C13H12N2O3S/c14-13(17)11-10-6-18-3-2-15(10)5-9(12(11)16)8-1-4-19-7-8/h1,4-5,7H,2-3,6H2,(H2,14,17). The Labute approximate surface area is 113 Å². The monoisotopic (exact) mass is 276 g/mol. The van der Waals surface area contributed by atoms with E-state index in [1.807, 2.05) is 21.4 Å². The Morgan fingerprint density at radius 3 is 3.00 bits per heavy atom. The minimum Gasteiger partial charge on any atom is -0.373 e. The van der Waals surface area contributed by atoms with E-state index < -0.39 is 5.91 Å². The molecule has 2 aromatic rings. The van der Waals surface area contributed by atoms with Crippen LogP contribution < -0.4 is 11.2 Å². The third-order valence-electron chi connectivity index (χ3n) is 3.19. The summed E-state index contributed by atoms with van der Waals surface area (Å²) in [6, 6.07) is 1.86. The number of nitrogens with two attached hydrogens (primary N) is 1. The fourth-order valence-corrected chi connectivity index (χ4v) is 2.92. The number of carbonyl (C=O) groups excluding carboxylic acids is 1. The number of thiophene rings is 1. The first kappa shape index (κ1) is 12.1. The highest BCUT2D eigenvalue weighted by atomic mass is 32.1. The van der Waals surface area contributed by atoms with Crippen molar-refractivity contribution in [1.29, 1.82) is 0 Å². The Balaban J connectivity index is 2.31. The number of carbonyl (C=O) groups is 1. The molecule has 0 aromatic carbocycles. The van der Waals surface area contributed by atoms with Gasteiger partial charge >= 0.3 is 0 Å². The van der Waals surface area contributed by atoms with Crippen molar-refractivity contribution < 1.29 is 9.53 Å². The topological polar surface area (TPSA) is 74.3 Å². The molecule has 0 aliphatic carbocycles. The third kappa shape index (κ3) is 1.98. The average Bonchev–Trinajstić information content (AvgIpc) is 2.91. The molecule has 3 rings (SSSR count). The number of hydrogen-bond acceptors (Lipinski definition) is 4. The van der Waals surface area contributed by atoms with Crippen molar-refractivity contribution in [3.05, 3.63) is 44.5 Å². The first-order valence-corrected chi connectivity index (χ1v) is 6.79. The molecule has 0 spiro atoms. The van der Waals surface area contributed by atoms with Crippen LogP contribution in [-0.4, -0.2) is 17.1 Å². The molecule has 1 amide bonds. The molecule has 1 aliphatic heterocycles. The van der Waals surface area contributed by atoms with Crippen molar-refractivity contribution >= 4 is 17.2 Å². The van der Waals surface area contributed by atoms with Crippen LogP contribution in [0.25, 0.3) is 11.1 Å². The van der Waals surface area contributed by atoms with Crippen LogP contribution in [0.5, 0.6) is 0 Å². The highest BCUT2D eigenvalue weighted by Crippen LogP contribution is 2.22. The van der Waals surface area contributed by atoms with Crippen LogP contribution in [0.4, 0.5) is 0 Å². The molecule has 2 N–H and O–H groups in total. The number of primary amides is 1. The number of ether oxygens (including phenoxy) is 1. The Kier molecular flexibility index (Phi) is 2.96. The van der Waals surface area contributed by atoms with Crippen LogP contribution in [0.2, 0.25) is 0 Å². The summed E-state index contributed by atoms with van der Waals surface area (Å²) >= 11 is 1.51. The van der Waals surface area contributed by atoms with Gasteiger partial charge in [-0.25, -0.2) is 0 Å². The van der Waals surface area contributed by atoms with E-state index in [-0.39, 0.29) is 17.6 Å². The molecule has 0 saturated heterocycles. The van der Waals surface area contributed by atoms with Gasteiger partial charge in [-0.2, -0.15) is 11.3 Å². The Bertz CT molecular complexity index is 689. The maximum Gasteiger partial charge on any atom is 0.254 e. The van der Waals surface area contributed by atoms with Gasteiger partial charge in [0.2, 0.25) is 5.43 Å². The van der Waals surface area contributed by atoms with Gasteiger partial charge in [0.1, 0.15) is 5.56 Å². The second-order valence-electron chi connectivity index (χ2n) is 4.32. The van der Waals surface area contributed by atoms with Crippen LogP contribution >= 0.6 is 11.3 Å². The van der Waals surface area contributed by atoms with Crippen LogP contribution in [0.15, 0.2) is 27.8 Å². The van der Waals surface area contributed by atoms with Gasteiger partial charge in [0.15, 0.2) is 0 Å². The van der Waals surface area contributed by atoms with Gasteiger partial charge in [-0.3, -0.25) is 9.59 Å². The van der Waals surface area contributed by atoms with E-state index in [9.17, 15) is 9.59 Å². The Hall–Kier alpha value is -1.92. The highest BCUT2D eigenvalue weighted by molar-refractivity contribution is 7.08. The minimum absolute atomic E-state index is 0.0448. The normalized spacial score (nSPS) is 14.1. The molecule has 2 aromatic heterocycles.